The van der Waals surface area contributed by atoms with Gasteiger partial charge in [0.25, 0.3) is 0 Å². The Kier molecular flexibility index (Phi) is 8.78. The molecule has 12 heteroatoms. The molecule has 1 aliphatic heterocycles. The van der Waals surface area contributed by atoms with Gasteiger partial charge in [-0.2, -0.15) is 5.26 Å². The minimum Gasteiger partial charge on any atom is -0.365 e. The van der Waals surface area contributed by atoms with Crippen molar-refractivity contribution in [3.05, 3.63) is 24.7 Å². The first-order chi connectivity index (χ1) is 17.8. The van der Waals surface area contributed by atoms with Crippen LogP contribution in [0.15, 0.2) is 29.8 Å². The molecule has 1 atom stereocenters. The zero-order chi connectivity index (χ0) is 26.4. The van der Waals surface area contributed by atoms with Crippen molar-refractivity contribution in [3.63, 3.8) is 0 Å². The Morgan fingerprint density at radius 2 is 2.14 bits per heavy atom. The molecule has 10 nitrogen and oxygen atoms in total. The lowest BCUT2D eigenvalue weighted by Gasteiger charge is -2.33. The number of aromatic nitrogens is 5. The number of piperidine rings is 1. The zero-order valence-electron chi connectivity index (χ0n) is 21.9. The van der Waals surface area contributed by atoms with Gasteiger partial charge in [0, 0.05) is 46.2 Å². The number of carbonyl (C=O) groups is 1. The van der Waals surface area contributed by atoms with Crippen LogP contribution in [0.25, 0.3) is 22.4 Å². The molecule has 1 aliphatic rings. The van der Waals surface area contributed by atoms with E-state index in [0.717, 1.165) is 42.2 Å². The number of carbonyl (C=O) groups excluding carboxylic acids is 1. The lowest BCUT2D eigenvalue weighted by molar-refractivity contribution is -0.131. The molecule has 1 fully saturated rings. The van der Waals surface area contributed by atoms with E-state index in [1.54, 1.807) is 17.3 Å². The second kappa shape index (κ2) is 12.0. The molecule has 1 unspecified atom stereocenters. The topological polar surface area (TPSA) is 122 Å². The molecule has 0 aliphatic carbocycles. The van der Waals surface area contributed by atoms with E-state index in [0.29, 0.717) is 36.5 Å². The van der Waals surface area contributed by atoms with E-state index >= 15 is 0 Å². The van der Waals surface area contributed by atoms with Crippen LogP contribution in [0.1, 0.15) is 19.3 Å². The maximum absolute atomic E-state index is 12.3. The molecule has 4 heterocycles. The van der Waals surface area contributed by atoms with E-state index in [2.05, 4.69) is 34.9 Å². The Bertz CT molecular complexity index is 1290. The molecule has 4 rings (SSSR count). The highest BCUT2D eigenvalue weighted by Crippen LogP contribution is 2.29. The van der Waals surface area contributed by atoms with Gasteiger partial charge in [-0.1, -0.05) is 31.4 Å². The van der Waals surface area contributed by atoms with Crippen molar-refractivity contribution < 1.29 is 9.53 Å². The molecule has 3 aromatic rings. The number of amides is 1. The Morgan fingerprint density at radius 3 is 2.89 bits per heavy atom. The fourth-order valence-electron chi connectivity index (χ4n) is 4.19. The Balaban J connectivity index is 1.53. The molecule has 0 bridgehead atoms. The quantitative estimate of drug-likeness (QED) is 0.175. The standard InChI is InChI=1S/C25H34N8O2SSi/c1-36-25-28-14-19(23(31-25)29-18-6-5-10-32(16-18)22(34)7-9-26)21-15-27-24-20(30-21)8-11-33(24)17-35-12-13-37(2,3)4/h8,11,14-15,18H,5-7,10,12-13,16-17H2,1-4H3,(H,28,29,31). The highest BCUT2D eigenvalue weighted by Gasteiger charge is 2.25. The minimum absolute atomic E-state index is 0.0193. The first kappa shape index (κ1) is 27.0. The Hall–Kier alpha value is -3.01. The van der Waals surface area contributed by atoms with Crippen LogP contribution in [-0.2, 0) is 16.3 Å². The van der Waals surface area contributed by atoms with E-state index in [-0.39, 0.29) is 18.4 Å². The van der Waals surface area contributed by atoms with Gasteiger partial charge in [-0.25, -0.2) is 19.9 Å². The van der Waals surface area contributed by atoms with Gasteiger partial charge in [0.15, 0.2) is 10.8 Å². The molecule has 1 N–H and O–H groups in total. The summed E-state index contributed by atoms with van der Waals surface area (Å²) in [5.74, 6) is 0.536. The van der Waals surface area contributed by atoms with Gasteiger partial charge in [-0.15, -0.1) is 0 Å². The van der Waals surface area contributed by atoms with Crippen molar-refractivity contribution in [2.45, 2.75) is 62.9 Å². The van der Waals surface area contributed by atoms with Crippen LogP contribution in [0.4, 0.5) is 5.82 Å². The van der Waals surface area contributed by atoms with Gasteiger partial charge in [0.1, 0.15) is 24.5 Å². The molecule has 37 heavy (non-hydrogen) atoms. The summed E-state index contributed by atoms with van der Waals surface area (Å²) >= 11 is 1.46. The predicted octanol–water partition coefficient (Wildman–Crippen LogP) is 4.24. The van der Waals surface area contributed by atoms with E-state index in [4.69, 9.17) is 20.0 Å². The first-order valence-corrected chi connectivity index (χ1v) is 17.4. The van der Waals surface area contributed by atoms with Crippen LogP contribution in [0.2, 0.25) is 25.7 Å². The molecule has 196 valence electrons. The summed E-state index contributed by atoms with van der Waals surface area (Å²) in [4.78, 5) is 32.7. The number of thioether (sulfide) groups is 1. The lowest BCUT2D eigenvalue weighted by Crippen LogP contribution is -2.45. The average molecular weight is 539 g/mol. The second-order valence-electron chi connectivity index (χ2n) is 10.4. The maximum Gasteiger partial charge on any atom is 0.236 e. The van der Waals surface area contributed by atoms with Crippen LogP contribution in [0.3, 0.4) is 0 Å². The third kappa shape index (κ3) is 7.06. The van der Waals surface area contributed by atoms with Crippen molar-refractivity contribution in [2.24, 2.45) is 0 Å². The van der Waals surface area contributed by atoms with Gasteiger partial charge in [-0.05, 0) is 31.2 Å². The van der Waals surface area contributed by atoms with Gasteiger partial charge in [0.05, 0.1) is 23.5 Å². The number of fused-ring (bicyclic) bond motifs is 1. The largest absolute Gasteiger partial charge is 0.365 e. The summed E-state index contributed by atoms with van der Waals surface area (Å²) in [5.41, 5.74) is 2.98. The summed E-state index contributed by atoms with van der Waals surface area (Å²) in [6, 6.07) is 5.03. The van der Waals surface area contributed by atoms with E-state index < -0.39 is 8.07 Å². The summed E-state index contributed by atoms with van der Waals surface area (Å²) in [6.07, 6.45) is 9.07. The number of nitrogens with zero attached hydrogens (tertiary/aromatic N) is 7. The number of nitrogens with one attached hydrogen (secondary N) is 1. The first-order valence-electron chi connectivity index (χ1n) is 12.5. The van der Waals surface area contributed by atoms with Crippen molar-refractivity contribution in [3.8, 4) is 17.3 Å². The zero-order valence-corrected chi connectivity index (χ0v) is 23.7. The van der Waals surface area contributed by atoms with Gasteiger partial charge in [-0.3, -0.25) is 4.79 Å². The van der Waals surface area contributed by atoms with Crippen LogP contribution < -0.4 is 5.32 Å². The molecular formula is C25H34N8O2SSi. The Morgan fingerprint density at radius 1 is 1.30 bits per heavy atom. The smallest absolute Gasteiger partial charge is 0.236 e. The van der Waals surface area contributed by atoms with Crippen LogP contribution in [0, 0.1) is 11.3 Å². The molecule has 1 amide bonds. The SMILES string of the molecule is CSc1ncc(-c2cnc3c(ccn3COCC[Si](C)(C)C)n2)c(NC2CCCN(C(=O)CC#N)C2)n1. The number of hydrogen-bond acceptors (Lipinski definition) is 9. The normalized spacial score (nSPS) is 16.1. The number of anilines is 1. The number of likely N-dealkylation sites (tertiary alicyclic amines) is 1. The molecular weight excluding hydrogens is 504 g/mol. The molecule has 1 saturated heterocycles. The summed E-state index contributed by atoms with van der Waals surface area (Å²) in [7, 11) is -1.13. The number of hydrogen-bond donors (Lipinski definition) is 1. The monoisotopic (exact) mass is 538 g/mol. The summed E-state index contributed by atoms with van der Waals surface area (Å²) in [5, 5.41) is 13.1. The number of nitriles is 1. The van der Waals surface area contributed by atoms with Crippen molar-refractivity contribution in [1.29, 1.82) is 5.26 Å². The van der Waals surface area contributed by atoms with E-state index in [1.165, 1.54) is 11.8 Å². The van der Waals surface area contributed by atoms with E-state index in [1.807, 2.05) is 29.2 Å². The van der Waals surface area contributed by atoms with Crippen molar-refractivity contribution in [1.82, 2.24) is 29.4 Å². The predicted molar refractivity (Wildman–Crippen MR) is 148 cm³/mol. The van der Waals surface area contributed by atoms with Crippen LogP contribution >= 0.6 is 11.8 Å². The molecule has 0 saturated carbocycles. The third-order valence-corrected chi connectivity index (χ3v) is 8.53. The molecule has 0 aromatic carbocycles. The minimum atomic E-state index is -1.13. The summed E-state index contributed by atoms with van der Waals surface area (Å²) < 4.78 is 7.87. The van der Waals surface area contributed by atoms with Gasteiger partial charge >= 0.3 is 0 Å². The fourth-order valence-corrected chi connectivity index (χ4v) is 5.29. The van der Waals surface area contributed by atoms with Crippen LogP contribution in [-0.4, -0.2) is 75.4 Å². The molecule has 3 aromatic heterocycles. The third-order valence-electron chi connectivity index (χ3n) is 6.26. The fraction of sp³-hybridized carbons (Fsp3) is 0.520. The molecule has 0 spiro atoms. The average Bonchev–Trinajstić information content (AvgIpc) is 3.28. The van der Waals surface area contributed by atoms with Gasteiger partial charge < -0.3 is 19.5 Å². The second-order valence-corrected chi connectivity index (χ2v) is 16.8. The maximum atomic E-state index is 12.3. The van der Waals surface area contributed by atoms with Crippen LogP contribution in [0.5, 0.6) is 0 Å². The van der Waals surface area contributed by atoms with Crippen molar-refractivity contribution >= 4 is 42.7 Å². The van der Waals surface area contributed by atoms with Gasteiger partial charge in [0.2, 0.25) is 5.91 Å². The lowest BCUT2D eigenvalue weighted by atomic mass is 10.0. The highest BCUT2D eigenvalue weighted by atomic mass is 32.2. The Labute approximate surface area is 222 Å². The van der Waals surface area contributed by atoms with E-state index in [9.17, 15) is 4.79 Å². The summed E-state index contributed by atoms with van der Waals surface area (Å²) in [6.45, 7) is 9.41. The highest BCUT2D eigenvalue weighted by molar-refractivity contribution is 7.98. The number of ether oxygens (including phenoxy) is 1. The van der Waals surface area contributed by atoms with Crippen molar-refractivity contribution in [2.75, 3.05) is 31.3 Å². The number of rotatable bonds is 10. The molecule has 0 radical (unpaired) electrons.